The molecule has 17 heavy (non-hydrogen) atoms. The van der Waals surface area contributed by atoms with Crippen LogP contribution in [0, 0.1) is 0 Å². The van der Waals surface area contributed by atoms with Crippen LogP contribution in [0.3, 0.4) is 0 Å². The zero-order valence-corrected chi connectivity index (χ0v) is 10.6. The van der Waals surface area contributed by atoms with Gasteiger partial charge in [0.1, 0.15) is 5.75 Å². The number of benzene rings is 1. The average molecular weight is 257 g/mol. The Morgan fingerprint density at radius 1 is 1.47 bits per heavy atom. The molecule has 1 atom stereocenters. The van der Waals surface area contributed by atoms with E-state index in [9.17, 15) is 4.79 Å². The Kier molecular flexibility index (Phi) is 5.84. The summed E-state index contributed by atoms with van der Waals surface area (Å²) in [6.07, 6.45) is 1.36. The smallest absolute Gasteiger partial charge is 0.303 e. The van der Waals surface area contributed by atoms with Crippen LogP contribution >= 0.6 is 11.6 Å². The lowest BCUT2D eigenvalue weighted by Crippen LogP contribution is -2.00. The number of ether oxygens (including phenoxy) is 1. The van der Waals surface area contributed by atoms with Gasteiger partial charge in [0.15, 0.2) is 0 Å². The summed E-state index contributed by atoms with van der Waals surface area (Å²) in [5.74, 6) is -0.00251. The zero-order chi connectivity index (χ0) is 12.7. The molecule has 1 aromatic carbocycles. The normalized spacial score (nSPS) is 12.1. The highest BCUT2D eigenvalue weighted by Gasteiger charge is 2.13. The van der Waals surface area contributed by atoms with Crippen LogP contribution in [0.1, 0.15) is 37.1 Å². The van der Waals surface area contributed by atoms with Crippen LogP contribution in [0.2, 0.25) is 0 Å². The van der Waals surface area contributed by atoms with Crippen LogP contribution < -0.4 is 4.74 Å². The van der Waals surface area contributed by atoms with Crippen molar-refractivity contribution in [2.75, 3.05) is 6.61 Å². The lowest BCUT2D eigenvalue weighted by atomic mass is 10.1. The fourth-order valence-electron chi connectivity index (χ4n) is 1.61. The van der Waals surface area contributed by atoms with E-state index in [0.29, 0.717) is 19.4 Å². The minimum atomic E-state index is -0.785. The topological polar surface area (TPSA) is 46.5 Å². The molecule has 0 fully saturated rings. The van der Waals surface area contributed by atoms with Crippen molar-refractivity contribution in [3.05, 3.63) is 29.8 Å². The molecular formula is C13H17ClO3. The predicted molar refractivity (Wildman–Crippen MR) is 67.7 cm³/mol. The molecule has 0 saturated heterocycles. The minimum Gasteiger partial charge on any atom is -0.494 e. The summed E-state index contributed by atoms with van der Waals surface area (Å²) in [6, 6.07) is 7.61. The molecule has 4 heteroatoms. The van der Waals surface area contributed by atoms with Gasteiger partial charge in [-0.05, 0) is 25.8 Å². The van der Waals surface area contributed by atoms with E-state index in [1.807, 2.05) is 31.2 Å². The number of hydrogen-bond donors (Lipinski definition) is 1. The largest absolute Gasteiger partial charge is 0.494 e. The summed E-state index contributed by atoms with van der Waals surface area (Å²) in [4.78, 5) is 10.4. The standard InChI is InChI=1S/C13H17ClO3/c1-2-17-12-8-4-3-6-10(12)11(14)7-5-9-13(15)16/h3-4,6,8,11H,2,5,7,9H2,1H3,(H,15,16). The summed E-state index contributed by atoms with van der Waals surface area (Å²) in [5.41, 5.74) is 0.932. The Labute approximate surface area is 106 Å². The SMILES string of the molecule is CCOc1ccccc1C(Cl)CCCC(=O)O. The van der Waals surface area contributed by atoms with Gasteiger partial charge in [-0.25, -0.2) is 0 Å². The molecule has 1 rings (SSSR count). The van der Waals surface area contributed by atoms with Crippen molar-refractivity contribution in [1.82, 2.24) is 0 Å². The summed E-state index contributed by atoms with van der Waals surface area (Å²) >= 11 is 6.26. The third kappa shape index (κ3) is 4.65. The maximum Gasteiger partial charge on any atom is 0.303 e. The molecule has 0 bridgehead atoms. The molecule has 0 aliphatic heterocycles. The van der Waals surface area contributed by atoms with Gasteiger partial charge in [-0.2, -0.15) is 0 Å². The molecule has 3 nitrogen and oxygen atoms in total. The highest BCUT2D eigenvalue weighted by atomic mass is 35.5. The van der Waals surface area contributed by atoms with E-state index in [0.717, 1.165) is 11.3 Å². The number of rotatable bonds is 7. The van der Waals surface area contributed by atoms with Crippen molar-refractivity contribution in [2.45, 2.75) is 31.6 Å². The molecule has 0 aromatic heterocycles. The monoisotopic (exact) mass is 256 g/mol. The second-order valence-electron chi connectivity index (χ2n) is 3.72. The molecule has 0 aliphatic rings. The van der Waals surface area contributed by atoms with E-state index in [1.54, 1.807) is 0 Å². The Morgan fingerprint density at radius 2 is 2.18 bits per heavy atom. The maximum absolute atomic E-state index is 10.4. The van der Waals surface area contributed by atoms with Crippen LogP contribution in [-0.4, -0.2) is 17.7 Å². The molecule has 0 spiro atoms. The third-order valence-corrected chi connectivity index (χ3v) is 2.86. The quantitative estimate of drug-likeness (QED) is 0.758. The lowest BCUT2D eigenvalue weighted by Gasteiger charge is -2.14. The fourth-order valence-corrected chi connectivity index (χ4v) is 1.95. The van der Waals surface area contributed by atoms with Crippen molar-refractivity contribution in [3.63, 3.8) is 0 Å². The minimum absolute atomic E-state index is 0.153. The maximum atomic E-state index is 10.4. The summed E-state index contributed by atoms with van der Waals surface area (Å²) in [7, 11) is 0. The number of halogens is 1. The summed E-state index contributed by atoms with van der Waals surface area (Å²) in [5, 5.41) is 8.37. The molecule has 1 aromatic rings. The van der Waals surface area contributed by atoms with E-state index >= 15 is 0 Å². The molecule has 1 unspecified atom stereocenters. The van der Waals surface area contributed by atoms with Crippen molar-refractivity contribution >= 4 is 17.6 Å². The molecule has 0 amide bonds. The Hall–Kier alpha value is -1.22. The van der Waals surface area contributed by atoms with Crippen molar-refractivity contribution in [2.24, 2.45) is 0 Å². The highest BCUT2D eigenvalue weighted by molar-refractivity contribution is 6.21. The molecule has 94 valence electrons. The van der Waals surface area contributed by atoms with Crippen LogP contribution in [0.4, 0.5) is 0 Å². The van der Waals surface area contributed by atoms with Crippen molar-refractivity contribution < 1.29 is 14.6 Å². The van der Waals surface area contributed by atoms with Crippen LogP contribution in [-0.2, 0) is 4.79 Å². The Bertz CT molecular complexity index is 365. The number of aliphatic carboxylic acids is 1. The first-order valence-corrected chi connectivity index (χ1v) is 6.16. The van der Waals surface area contributed by atoms with E-state index in [-0.39, 0.29) is 11.8 Å². The van der Waals surface area contributed by atoms with Gasteiger partial charge in [-0.1, -0.05) is 18.2 Å². The molecule has 0 radical (unpaired) electrons. The molecule has 0 saturated carbocycles. The number of para-hydroxylation sites is 1. The fraction of sp³-hybridized carbons (Fsp3) is 0.462. The summed E-state index contributed by atoms with van der Waals surface area (Å²) < 4.78 is 5.48. The average Bonchev–Trinajstić information content (AvgIpc) is 2.29. The number of alkyl halides is 1. The van der Waals surface area contributed by atoms with Crippen LogP contribution in [0.25, 0.3) is 0 Å². The number of carboxylic acid groups (broad SMARTS) is 1. The second-order valence-corrected chi connectivity index (χ2v) is 4.25. The highest BCUT2D eigenvalue weighted by Crippen LogP contribution is 2.33. The lowest BCUT2D eigenvalue weighted by molar-refractivity contribution is -0.137. The summed E-state index contributed by atoms with van der Waals surface area (Å²) in [6.45, 7) is 2.51. The predicted octanol–water partition coefficient (Wildman–Crippen LogP) is 3.62. The van der Waals surface area contributed by atoms with E-state index in [2.05, 4.69) is 0 Å². The Balaban J connectivity index is 2.60. The first kappa shape index (κ1) is 13.8. The van der Waals surface area contributed by atoms with Gasteiger partial charge in [-0.15, -0.1) is 11.6 Å². The van der Waals surface area contributed by atoms with Gasteiger partial charge in [0.25, 0.3) is 0 Å². The van der Waals surface area contributed by atoms with Crippen molar-refractivity contribution in [3.8, 4) is 5.75 Å². The van der Waals surface area contributed by atoms with Gasteiger partial charge >= 0.3 is 5.97 Å². The number of hydrogen-bond acceptors (Lipinski definition) is 2. The van der Waals surface area contributed by atoms with Gasteiger partial charge in [0, 0.05) is 12.0 Å². The molecule has 0 aliphatic carbocycles. The van der Waals surface area contributed by atoms with Gasteiger partial charge in [0.2, 0.25) is 0 Å². The second kappa shape index (κ2) is 7.17. The first-order valence-electron chi connectivity index (χ1n) is 5.72. The van der Waals surface area contributed by atoms with Crippen LogP contribution in [0.15, 0.2) is 24.3 Å². The molecular weight excluding hydrogens is 240 g/mol. The zero-order valence-electron chi connectivity index (χ0n) is 9.86. The molecule has 1 N–H and O–H groups in total. The number of carbonyl (C=O) groups is 1. The first-order chi connectivity index (χ1) is 8.15. The van der Waals surface area contributed by atoms with Crippen molar-refractivity contribution in [1.29, 1.82) is 0 Å². The molecule has 0 heterocycles. The van der Waals surface area contributed by atoms with E-state index in [4.69, 9.17) is 21.4 Å². The van der Waals surface area contributed by atoms with Gasteiger partial charge in [0.05, 0.1) is 12.0 Å². The van der Waals surface area contributed by atoms with E-state index < -0.39 is 5.97 Å². The Morgan fingerprint density at radius 3 is 2.82 bits per heavy atom. The van der Waals surface area contributed by atoms with E-state index in [1.165, 1.54) is 0 Å². The number of carboxylic acids is 1. The van der Waals surface area contributed by atoms with Crippen LogP contribution in [0.5, 0.6) is 5.75 Å². The third-order valence-electron chi connectivity index (χ3n) is 2.40. The van der Waals surface area contributed by atoms with Gasteiger partial charge < -0.3 is 9.84 Å². The van der Waals surface area contributed by atoms with Gasteiger partial charge in [-0.3, -0.25) is 4.79 Å².